The van der Waals surface area contributed by atoms with Crippen LogP contribution in [0.2, 0.25) is 0 Å². The van der Waals surface area contributed by atoms with Crippen LogP contribution in [0.15, 0.2) is 53.7 Å². The van der Waals surface area contributed by atoms with Crippen molar-refractivity contribution in [1.29, 1.82) is 0 Å². The number of carbonyl (C=O) groups excluding carboxylic acids is 1. The predicted octanol–water partition coefficient (Wildman–Crippen LogP) is 2.59. The summed E-state index contributed by atoms with van der Waals surface area (Å²) in [6, 6.07) is 11.4. The molecule has 1 unspecified atom stereocenters. The summed E-state index contributed by atoms with van der Waals surface area (Å²) < 4.78 is 5.62. The Balaban J connectivity index is 1.55. The van der Waals surface area contributed by atoms with E-state index in [0.717, 1.165) is 16.9 Å². The number of ether oxygens (including phenoxy) is 1. The number of hydrogen-bond acceptors (Lipinski definition) is 8. The van der Waals surface area contributed by atoms with E-state index in [0.29, 0.717) is 43.6 Å². The molecule has 2 aliphatic rings. The molecule has 3 aromatic rings. The number of amides is 1. The molecule has 8 nitrogen and oxygen atoms in total. The summed E-state index contributed by atoms with van der Waals surface area (Å²) >= 11 is 1.69. The monoisotopic (exact) mass is 434 g/mol. The van der Waals surface area contributed by atoms with Crippen molar-refractivity contribution in [2.45, 2.75) is 17.5 Å². The molecule has 0 bridgehead atoms. The number of nitrogen functional groups attached to an aromatic ring is 1. The van der Waals surface area contributed by atoms with Crippen LogP contribution in [0.1, 0.15) is 5.56 Å². The van der Waals surface area contributed by atoms with Gasteiger partial charge in [0.05, 0.1) is 26.0 Å². The highest BCUT2D eigenvalue weighted by Crippen LogP contribution is 2.37. The molecule has 1 fully saturated rings. The van der Waals surface area contributed by atoms with Crippen molar-refractivity contribution in [1.82, 2.24) is 15.0 Å². The molecule has 0 saturated carbocycles. The topological polar surface area (TPSA) is 97.5 Å². The summed E-state index contributed by atoms with van der Waals surface area (Å²) in [6.07, 6.45) is 5.43. The largest absolute Gasteiger partial charge is 0.384 e. The van der Waals surface area contributed by atoms with Crippen molar-refractivity contribution in [2.24, 2.45) is 0 Å². The van der Waals surface area contributed by atoms with Crippen LogP contribution in [-0.2, 0) is 16.1 Å². The Hall–Kier alpha value is -3.17. The number of benzene rings is 1. The Morgan fingerprint density at radius 2 is 2.00 bits per heavy atom. The number of thioether (sulfide) groups is 1. The van der Waals surface area contributed by atoms with Gasteiger partial charge in [-0.3, -0.25) is 4.79 Å². The number of anilines is 3. The van der Waals surface area contributed by atoms with Gasteiger partial charge in [0.15, 0.2) is 11.6 Å². The predicted molar refractivity (Wildman–Crippen MR) is 121 cm³/mol. The smallest absolute Gasteiger partial charge is 0.252 e. The second-order valence-electron chi connectivity index (χ2n) is 7.43. The second kappa shape index (κ2) is 8.16. The molecular formula is C22H22N6O2S. The lowest BCUT2D eigenvalue weighted by Crippen LogP contribution is -2.58. The number of aromatic nitrogens is 3. The maximum Gasteiger partial charge on any atom is 0.252 e. The minimum Gasteiger partial charge on any atom is -0.384 e. The van der Waals surface area contributed by atoms with E-state index in [4.69, 9.17) is 15.5 Å². The summed E-state index contributed by atoms with van der Waals surface area (Å²) in [5.41, 5.74) is 8.25. The van der Waals surface area contributed by atoms with Crippen molar-refractivity contribution in [3.8, 4) is 11.4 Å². The van der Waals surface area contributed by atoms with Gasteiger partial charge in [-0.25, -0.2) is 15.0 Å². The van der Waals surface area contributed by atoms with Gasteiger partial charge < -0.3 is 20.3 Å². The Morgan fingerprint density at radius 3 is 2.74 bits per heavy atom. The number of fused-ring (bicyclic) bond motifs is 3. The van der Waals surface area contributed by atoms with Gasteiger partial charge in [-0.2, -0.15) is 0 Å². The van der Waals surface area contributed by atoms with Crippen LogP contribution in [0.4, 0.5) is 17.3 Å². The molecule has 158 valence electrons. The molecule has 5 rings (SSSR count). The van der Waals surface area contributed by atoms with Gasteiger partial charge >= 0.3 is 0 Å². The van der Waals surface area contributed by atoms with E-state index in [-0.39, 0.29) is 11.9 Å². The van der Waals surface area contributed by atoms with Crippen molar-refractivity contribution >= 4 is 35.0 Å². The Labute approximate surface area is 184 Å². The molecule has 4 heterocycles. The summed E-state index contributed by atoms with van der Waals surface area (Å²) in [5, 5.41) is 0. The van der Waals surface area contributed by atoms with E-state index >= 15 is 0 Å². The fraction of sp³-hybridized carbons (Fsp3) is 0.273. The molecule has 0 aliphatic carbocycles. The van der Waals surface area contributed by atoms with E-state index in [9.17, 15) is 4.79 Å². The van der Waals surface area contributed by atoms with Crippen molar-refractivity contribution in [3.05, 3.63) is 54.4 Å². The van der Waals surface area contributed by atoms with Crippen LogP contribution in [-0.4, -0.2) is 52.9 Å². The highest BCUT2D eigenvalue weighted by molar-refractivity contribution is 7.98. The number of nitrogens with zero attached hydrogens (tertiary/aromatic N) is 5. The van der Waals surface area contributed by atoms with Crippen molar-refractivity contribution in [2.75, 3.05) is 41.5 Å². The first-order valence-electron chi connectivity index (χ1n) is 10.0. The van der Waals surface area contributed by atoms with Gasteiger partial charge in [-0.15, -0.1) is 11.8 Å². The van der Waals surface area contributed by atoms with Gasteiger partial charge in [0.25, 0.3) is 5.91 Å². The van der Waals surface area contributed by atoms with Gasteiger partial charge in [0.2, 0.25) is 0 Å². The summed E-state index contributed by atoms with van der Waals surface area (Å²) in [4.78, 5) is 31.9. The van der Waals surface area contributed by atoms with E-state index in [1.54, 1.807) is 35.1 Å². The van der Waals surface area contributed by atoms with Crippen LogP contribution >= 0.6 is 11.8 Å². The minimum absolute atomic E-state index is 0.00615. The lowest BCUT2D eigenvalue weighted by molar-refractivity contribution is -0.122. The summed E-state index contributed by atoms with van der Waals surface area (Å²) in [5.74, 6) is 1.75. The zero-order valence-electron chi connectivity index (χ0n) is 17.1. The molecule has 9 heteroatoms. The van der Waals surface area contributed by atoms with Crippen LogP contribution in [0, 0.1) is 0 Å². The molecule has 2 N–H and O–H groups in total. The fourth-order valence-electron chi connectivity index (χ4n) is 3.88. The van der Waals surface area contributed by atoms with E-state index in [2.05, 4.69) is 34.2 Å². The average molecular weight is 435 g/mol. The van der Waals surface area contributed by atoms with Crippen molar-refractivity contribution in [3.63, 3.8) is 0 Å². The molecule has 1 amide bonds. The first kappa shape index (κ1) is 19.8. The normalized spacial score (nSPS) is 18.0. The molecule has 1 atom stereocenters. The standard InChI is InChI=1S/C22H22N6O2S/c1-31-16-5-2-14(3-6-16)12-28-17-11-25-20(15-4-7-19(23)24-10-15)26-21(17)27-8-9-30-13-18(27)22(28)29/h2-7,10-11,18H,8-9,12-13H2,1H3,(H2,23,24). The molecular weight excluding hydrogens is 412 g/mol. The van der Waals surface area contributed by atoms with E-state index in [1.807, 2.05) is 17.2 Å². The lowest BCUT2D eigenvalue weighted by Gasteiger charge is -2.43. The third-order valence-corrected chi connectivity index (χ3v) is 6.28. The first-order chi connectivity index (χ1) is 15.1. The zero-order valence-corrected chi connectivity index (χ0v) is 17.9. The number of rotatable bonds is 4. The number of morpholine rings is 1. The Bertz CT molecular complexity index is 1110. The molecule has 1 aromatic carbocycles. The Morgan fingerprint density at radius 1 is 1.16 bits per heavy atom. The number of nitrogens with two attached hydrogens (primary N) is 1. The fourth-order valence-corrected chi connectivity index (χ4v) is 4.29. The third kappa shape index (κ3) is 3.70. The third-order valence-electron chi connectivity index (χ3n) is 5.54. The highest BCUT2D eigenvalue weighted by atomic mass is 32.2. The maximum absolute atomic E-state index is 13.4. The highest BCUT2D eigenvalue weighted by Gasteiger charge is 2.41. The molecule has 0 radical (unpaired) electrons. The molecule has 31 heavy (non-hydrogen) atoms. The Kier molecular flexibility index (Phi) is 5.21. The molecule has 2 aliphatic heterocycles. The van der Waals surface area contributed by atoms with Gasteiger partial charge in [0.1, 0.15) is 17.5 Å². The number of pyridine rings is 1. The van der Waals surface area contributed by atoms with Gasteiger partial charge in [-0.1, -0.05) is 12.1 Å². The van der Waals surface area contributed by atoms with Gasteiger partial charge in [0, 0.05) is 23.2 Å². The maximum atomic E-state index is 13.4. The van der Waals surface area contributed by atoms with Crippen molar-refractivity contribution < 1.29 is 9.53 Å². The van der Waals surface area contributed by atoms with Crippen LogP contribution < -0.4 is 15.5 Å². The summed E-state index contributed by atoms with van der Waals surface area (Å²) in [6.45, 7) is 1.97. The zero-order chi connectivity index (χ0) is 21.4. The quantitative estimate of drug-likeness (QED) is 0.626. The summed E-state index contributed by atoms with van der Waals surface area (Å²) in [7, 11) is 0. The average Bonchev–Trinajstić information content (AvgIpc) is 2.82. The second-order valence-corrected chi connectivity index (χ2v) is 8.31. The minimum atomic E-state index is -0.390. The van der Waals surface area contributed by atoms with Crippen LogP contribution in [0.5, 0.6) is 0 Å². The van der Waals surface area contributed by atoms with E-state index < -0.39 is 0 Å². The molecule has 1 saturated heterocycles. The lowest BCUT2D eigenvalue weighted by atomic mass is 10.1. The van der Waals surface area contributed by atoms with E-state index in [1.165, 1.54) is 4.90 Å². The first-order valence-corrected chi connectivity index (χ1v) is 11.2. The SMILES string of the molecule is CSc1ccc(CN2C(=O)C3COCCN3c3nc(-c4ccc(N)nc4)ncc32)cc1. The van der Waals surface area contributed by atoms with Crippen LogP contribution in [0.25, 0.3) is 11.4 Å². The van der Waals surface area contributed by atoms with Gasteiger partial charge in [-0.05, 0) is 36.1 Å². The number of carbonyl (C=O) groups is 1. The molecule has 2 aromatic heterocycles. The van der Waals surface area contributed by atoms with Crippen LogP contribution in [0.3, 0.4) is 0 Å². The number of hydrogen-bond donors (Lipinski definition) is 1. The molecule has 0 spiro atoms.